The Morgan fingerprint density at radius 3 is 2.58 bits per heavy atom. The van der Waals surface area contributed by atoms with Crippen molar-refractivity contribution in [2.24, 2.45) is 0 Å². The maximum Gasteiger partial charge on any atom is 0.260 e. The van der Waals surface area contributed by atoms with Gasteiger partial charge >= 0.3 is 0 Å². The average molecular weight is 507 g/mol. The topological polar surface area (TPSA) is 121 Å². The Morgan fingerprint density at radius 1 is 1.18 bits per heavy atom. The number of aromatic nitrogens is 2. The zero-order valence-corrected chi connectivity index (χ0v) is 21.1. The first-order valence-electron chi connectivity index (χ1n) is 10.6. The fraction of sp³-hybridized carbons (Fsp3) is 0.409. The van der Waals surface area contributed by atoms with Crippen molar-refractivity contribution in [3.63, 3.8) is 0 Å². The van der Waals surface area contributed by atoms with Crippen LogP contribution in [0.5, 0.6) is 0 Å². The van der Waals surface area contributed by atoms with E-state index in [0.717, 1.165) is 47.8 Å². The predicted molar refractivity (Wildman–Crippen MR) is 133 cm³/mol. The van der Waals surface area contributed by atoms with Crippen LogP contribution in [0.25, 0.3) is 10.2 Å². The van der Waals surface area contributed by atoms with Gasteiger partial charge < -0.3 is 10.3 Å². The van der Waals surface area contributed by atoms with Crippen LogP contribution >= 0.6 is 23.1 Å². The quantitative estimate of drug-likeness (QED) is 0.346. The molecule has 4 rings (SSSR count). The lowest BCUT2D eigenvalue weighted by atomic mass is 9.97. The van der Waals surface area contributed by atoms with E-state index in [1.165, 1.54) is 17.0 Å². The molecule has 0 spiro atoms. The summed E-state index contributed by atoms with van der Waals surface area (Å²) in [6.07, 6.45) is 4.14. The van der Waals surface area contributed by atoms with E-state index in [4.69, 9.17) is 0 Å². The minimum absolute atomic E-state index is 0.0607. The molecule has 0 unspecified atom stereocenters. The lowest BCUT2D eigenvalue weighted by Crippen LogP contribution is -2.40. The van der Waals surface area contributed by atoms with Gasteiger partial charge in [-0.05, 0) is 76.3 Å². The van der Waals surface area contributed by atoms with E-state index in [9.17, 15) is 18.0 Å². The van der Waals surface area contributed by atoms with Gasteiger partial charge in [0.15, 0.2) is 5.16 Å². The summed E-state index contributed by atoms with van der Waals surface area (Å²) in [5.41, 5.74) is 0.872. The van der Waals surface area contributed by atoms with E-state index in [2.05, 4.69) is 20.0 Å². The first-order valence-corrected chi connectivity index (χ1v) is 13.9. The number of hydrogen-bond acceptors (Lipinski definition) is 7. The van der Waals surface area contributed by atoms with Gasteiger partial charge in [-0.3, -0.25) is 9.59 Å². The lowest BCUT2D eigenvalue weighted by Gasteiger charge is -2.20. The molecule has 3 aromatic rings. The number of carbonyl (C=O) groups is 1. The SMILES string of the molecule is CC(C)(C)NS(=O)(=O)c1ccc(NC(=O)CSc2nc3sc4c(c3c(=O)[nH]2)CCCC4)cc1. The van der Waals surface area contributed by atoms with Crippen molar-refractivity contribution in [1.29, 1.82) is 0 Å². The van der Waals surface area contributed by atoms with Crippen molar-refractivity contribution in [3.8, 4) is 0 Å². The average Bonchev–Trinajstić information content (AvgIpc) is 3.10. The Bertz CT molecular complexity index is 1350. The van der Waals surface area contributed by atoms with E-state index in [0.29, 0.717) is 16.2 Å². The maximum absolute atomic E-state index is 12.6. The Kier molecular flexibility index (Phi) is 6.68. The molecular weight excluding hydrogens is 480 g/mol. The maximum atomic E-state index is 12.6. The smallest absolute Gasteiger partial charge is 0.260 e. The van der Waals surface area contributed by atoms with Crippen molar-refractivity contribution < 1.29 is 13.2 Å². The molecule has 0 radical (unpaired) electrons. The number of thiophene rings is 1. The van der Waals surface area contributed by atoms with Gasteiger partial charge in [0.25, 0.3) is 5.56 Å². The molecule has 1 aromatic carbocycles. The molecule has 0 saturated carbocycles. The second kappa shape index (κ2) is 9.21. The zero-order valence-electron chi connectivity index (χ0n) is 18.6. The number of thioether (sulfide) groups is 1. The number of anilines is 1. The van der Waals surface area contributed by atoms with Crippen LogP contribution in [0.1, 0.15) is 44.1 Å². The number of rotatable bonds is 6. The van der Waals surface area contributed by atoms with E-state index >= 15 is 0 Å². The van der Waals surface area contributed by atoms with Crippen LogP contribution in [-0.4, -0.2) is 35.6 Å². The highest BCUT2D eigenvalue weighted by molar-refractivity contribution is 7.99. The predicted octanol–water partition coefficient (Wildman–Crippen LogP) is 3.67. The zero-order chi connectivity index (χ0) is 23.8. The van der Waals surface area contributed by atoms with Gasteiger partial charge in [0.2, 0.25) is 15.9 Å². The fourth-order valence-corrected chi connectivity index (χ4v) is 7.12. The monoisotopic (exact) mass is 506 g/mol. The Morgan fingerprint density at radius 2 is 1.88 bits per heavy atom. The van der Waals surface area contributed by atoms with Gasteiger partial charge in [0.1, 0.15) is 4.83 Å². The molecule has 11 heteroatoms. The molecule has 0 aliphatic heterocycles. The molecule has 0 atom stereocenters. The van der Waals surface area contributed by atoms with Crippen LogP contribution in [0, 0.1) is 0 Å². The van der Waals surface area contributed by atoms with Crippen LogP contribution in [0.4, 0.5) is 5.69 Å². The van der Waals surface area contributed by atoms with E-state index in [1.807, 2.05) is 0 Å². The molecule has 1 aliphatic rings. The molecule has 2 heterocycles. The van der Waals surface area contributed by atoms with Gasteiger partial charge in [-0.25, -0.2) is 18.1 Å². The Balaban J connectivity index is 1.39. The lowest BCUT2D eigenvalue weighted by molar-refractivity contribution is -0.113. The van der Waals surface area contributed by atoms with Crippen LogP contribution in [0.3, 0.4) is 0 Å². The third kappa shape index (κ3) is 5.65. The van der Waals surface area contributed by atoms with E-state index in [-0.39, 0.29) is 22.1 Å². The molecule has 0 fully saturated rings. The van der Waals surface area contributed by atoms with Crippen LogP contribution in [0.15, 0.2) is 39.1 Å². The van der Waals surface area contributed by atoms with Gasteiger partial charge in [-0.2, -0.15) is 0 Å². The summed E-state index contributed by atoms with van der Waals surface area (Å²) in [7, 11) is -3.64. The molecular formula is C22H26N4O4S3. The number of aryl methyl sites for hydroxylation is 2. The standard InChI is InChI=1S/C22H26N4O4S3/c1-22(2,3)26-33(29,30)14-10-8-13(9-11-14)23-17(27)12-31-21-24-19(28)18-15-6-4-5-7-16(15)32-20(18)25-21/h8-11,26H,4-7,12H2,1-3H3,(H,23,27)(H,24,25,28). The van der Waals surface area contributed by atoms with Crippen LogP contribution in [0.2, 0.25) is 0 Å². The summed E-state index contributed by atoms with van der Waals surface area (Å²) in [6.45, 7) is 5.30. The number of carbonyl (C=O) groups excluding carboxylic acids is 1. The van der Waals surface area contributed by atoms with Crippen molar-refractivity contribution in [3.05, 3.63) is 45.1 Å². The molecule has 1 amide bonds. The van der Waals surface area contributed by atoms with E-state index in [1.54, 1.807) is 44.2 Å². The highest BCUT2D eigenvalue weighted by Gasteiger charge is 2.22. The third-order valence-corrected chi connectivity index (χ3v) is 8.87. The second-order valence-electron chi connectivity index (χ2n) is 8.98. The summed E-state index contributed by atoms with van der Waals surface area (Å²) in [5, 5.41) is 3.85. The van der Waals surface area contributed by atoms with Crippen molar-refractivity contribution in [2.75, 3.05) is 11.1 Å². The normalized spacial score (nSPS) is 14.3. The number of nitrogens with one attached hydrogen (secondary N) is 3. The van der Waals surface area contributed by atoms with Gasteiger partial charge in [0.05, 0.1) is 16.0 Å². The summed E-state index contributed by atoms with van der Waals surface area (Å²) in [6, 6.07) is 5.98. The highest BCUT2D eigenvalue weighted by atomic mass is 32.2. The molecule has 8 nitrogen and oxygen atoms in total. The highest BCUT2D eigenvalue weighted by Crippen LogP contribution is 2.34. The summed E-state index contributed by atoms with van der Waals surface area (Å²) in [4.78, 5) is 34.5. The number of benzene rings is 1. The third-order valence-electron chi connectivity index (χ3n) is 5.03. The molecule has 33 heavy (non-hydrogen) atoms. The number of aromatic amines is 1. The molecule has 2 aromatic heterocycles. The fourth-order valence-electron chi connectivity index (χ4n) is 3.72. The number of amides is 1. The molecule has 0 bridgehead atoms. The number of hydrogen-bond donors (Lipinski definition) is 3. The number of fused-ring (bicyclic) bond motifs is 3. The Labute approximate surface area is 200 Å². The number of nitrogens with zero attached hydrogens (tertiary/aromatic N) is 1. The van der Waals surface area contributed by atoms with E-state index < -0.39 is 15.6 Å². The van der Waals surface area contributed by atoms with Gasteiger partial charge in [-0.15, -0.1) is 11.3 Å². The number of H-pyrrole nitrogens is 1. The first kappa shape index (κ1) is 23.9. The summed E-state index contributed by atoms with van der Waals surface area (Å²) >= 11 is 2.73. The summed E-state index contributed by atoms with van der Waals surface area (Å²) < 4.78 is 27.4. The van der Waals surface area contributed by atoms with Crippen LogP contribution in [-0.2, 0) is 27.7 Å². The molecule has 176 valence electrons. The first-order chi connectivity index (χ1) is 15.5. The van der Waals surface area contributed by atoms with Crippen molar-refractivity contribution >= 4 is 54.9 Å². The van der Waals surface area contributed by atoms with Crippen LogP contribution < -0.4 is 15.6 Å². The Hall–Kier alpha value is -2.21. The number of sulfonamides is 1. The minimum Gasteiger partial charge on any atom is -0.325 e. The molecule has 3 N–H and O–H groups in total. The second-order valence-corrected chi connectivity index (χ2v) is 12.7. The van der Waals surface area contributed by atoms with Gasteiger partial charge in [0, 0.05) is 16.1 Å². The van der Waals surface area contributed by atoms with Crippen molar-refractivity contribution in [1.82, 2.24) is 14.7 Å². The minimum atomic E-state index is -3.64. The van der Waals surface area contributed by atoms with Crippen molar-refractivity contribution in [2.45, 2.75) is 62.0 Å². The van der Waals surface area contributed by atoms with Gasteiger partial charge in [-0.1, -0.05) is 11.8 Å². The largest absolute Gasteiger partial charge is 0.325 e. The summed E-state index contributed by atoms with van der Waals surface area (Å²) in [5.74, 6) is -0.220. The molecule has 1 aliphatic carbocycles. The molecule has 0 saturated heterocycles.